The third kappa shape index (κ3) is 3.10. The van der Waals surface area contributed by atoms with Crippen LogP contribution < -0.4 is 5.43 Å². The molecule has 1 aliphatic heterocycles. The second kappa shape index (κ2) is 7.20. The van der Waals surface area contributed by atoms with E-state index < -0.39 is 5.82 Å². The summed E-state index contributed by atoms with van der Waals surface area (Å²) in [4.78, 5) is 31.4. The van der Waals surface area contributed by atoms with Crippen LogP contribution in [0, 0.1) is 12.7 Å². The summed E-state index contributed by atoms with van der Waals surface area (Å²) in [6.45, 7) is 2.68. The maximum absolute atomic E-state index is 14.2. The van der Waals surface area contributed by atoms with Crippen LogP contribution in [0.5, 0.6) is 0 Å². The van der Waals surface area contributed by atoms with Gasteiger partial charge in [0.15, 0.2) is 5.43 Å². The fourth-order valence-electron chi connectivity index (χ4n) is 3.51. The van der Waals surface area contributed by atoms with Gasteiger partial charge in [-0.1, -0.05) is 23.7 Å². The van der Waals surface area contributed by atoms with Crippen LogP contribution in [0.3, 0.4) is 0 Å². The number of carbonyl (C=O) groups excluding carboxylic acids is 1. The van der Waals surface area contributed by atoms with Gasteiger partial charge in [-0.3, -0.25) is 14.6 Å². The Kier molecular flexibility index (Phi) is 4.73. The van der Waals surface area contributed by atoms with Gasteiger partial charge >= 0.3 is 0 Å². The fourth-order valence-corrected chi connectivity index (χ4v) is 3.70. The zero-order valence-corrected chi connectivity index (χ0v) is 15.9. The Labute approximate surface area is 166 Å². The van der Waals surface area contributed by atoms with E-state index in [2.05, 4.69) is 4.98 Å². The molecule has 0 N–H and O–H groups in total. The number of benzene rings is 1. The Bertz CT molecular complexity index is 1130. The highest BCUT2D eigenvalue weighted by Gasteiger charge is 2.28. The van der Waals surface area contributed by atoms with Crippen LogP contribution >= 0.6 is 11.6 Å². The maximum Gasteiger partial charge on any atom is 0.271 e. The Morgan fingerprint density at radius 2 is 1.89 bits per heavy atom. The molecule has 142 valence electrons. The first kappa shape index (κ1) is 18.4. The molecule has 0 radical (unpaired) electrons. The Balaban J connectivity index is 1.72. The summed E-state index contributed by atoms with van der Waals surface area (Å²) in [6, 6.07) is 8.26. The van der Waals surface area contributed by atoms with Crippen LogP contribution in [0.25, 0.3) is 11.1 Å². The standard InChI is InChI=1S/C21H17ClFN3O2/c1-13-19-21(28)26(11-15-3-2-4-17(22)18(15)23)10-9-25(19)12-16(20(13)27)14-5-7-24-8-6-14/h2-8,12H,9-11H2,1H3. The molecule has 3 aromatic rings. The predicted octanol–water partition coefficient (Wildman–Crippen LogP) is 3.67. The summed E-state index contributed by atoms with van der Waals surface area (Å²) >= 11 is 5.84. The number of rotatable bonds is 3. The van der Waals surface area contributed by atoms with Crippen molar-refractivity contribution in [3.05, 3.63) is 86.8 Å². The van der Waals surface area contributed by atoms with Gasteiger partial charge in [0.05, 0.1) is 5.02 Å². The lowest BCUT2D eigenvalue weighted by atomic mass is 10.0. The fraction of sp³-hybridized carbons (Fsp3) is 0.190. The number of amides is 1. The van der Waals surface area contributed by atoms with E-state index in [1.165, 1.54) is 6.07 Å². The number of fused-ring (bicyclic) bond motifs is 1. The monoisotopic (exact) mass is 397 g/mol. The van der Waals surface area contributed by atoms with Crippen LogP contribution in [-0.4, -0.2) is 26.9 Å². The molecule has 5 nitrogen and oxygen atoms in total. The molecule has 28 heavy (non-hydrogen) atoms. The van der Waals surface area contributed by atoms with Crippen molar-refractivity contribution in [2.45, 2.75) is 20.0 Å². The zero-order valence-electron chi connectivity index (χ0n) is 15.2. The molecule has 0 saturated heterocycles. The van der Waals surface area contributed by atoms with Crippen LogP contribution in [0.2, 0.25) is 5.02 Å². The maximum atomic E-state index is 14.2. The summed E-state index contributed by atoms with van der Waals surface area (Å²) in [7, 11) is 0. The molecule has 0 bridgehead atoms. The average molecular weight is 398 g/mol. The topological polar surface area (TPSA) is 55.2 Å². The molecule has 2 aromatic heterocycles. The molecule has 1 amide bonds. The van der Waals surface area contributed by atoms with Gasteiger partial charge in [-0.05, 0) is 30.7 Å². The Morgan fingerprint density at radius 1 is 1.14 bits per heavy atom. The highest BCUT2D eigenvalue weighted by Crippen LogP contribution is 2.24. The molecule has 7 heteroatoms. The van der Waals surface area contributed by atoms with Crippen molar-refractivity contribution in [2.24, 2.45) is 0 Å². The molecule has 0 spiro atoms. The minimum atomic E-state index is -0.523. The molecule has 0 fully saturated rings. The first-order chi connectivity index (χ1) is 13.5. The number of aromatic nitrogens is 2. The summed E-state index contributed by atoms with van der Waals surface area (Å²) in [5, 5.41) is 0.0248. The van der Waals surface area contributed by atoms with E-state index in [-0.39, 0.29) is 22.9 Å². The minimum Gasteiger partial charge on any atom is -0.341 e. The van der Waals surface area contributed by atoms with Crippen LogP contribution in [0.4, 0.5) is 4.39 Å². The van der Waals surface area contributed by atoms with Gasteiger partial charge in [-0.2, -0.15) is 0 Å². The summed E-state index contributed by atoms with van der Waals surface area (Å²) in [5.41, 5.74) is 2.18. The first-order valence-electron chi connectivity index (χ1n) is 8.84. The quantitative estimate of drug-likeness (QED) is 0.677. The lowest BCUT2D eigenvalue weighted by Gasteiger charge is -2.31. The van der Waals surface area contributed by atoms with Crippen molar-refractivity contribution in [2.75, 3.05) is 6.54 Å². The molecule has 0 unspecified atom stereocenters. The molecular weight excluding hydrogens is 381 g/mol. The van der Waals surface area contributed by atoms with E-state index in [0.717, 1.165) is 5.56 Å². The SMILES string of the molecule is Cc1c2n(cc(-c3ccncc3)c1=O)CCN(Cc1cccc(Cl)c1F)C2=O. The number of carbonyl (C=O) groups is 1. The van der Waals surface area contributed by atoms with Gasteiger partial charge in [-0.15, -0.1) is 0 Å². The lowest BCUT2D eigenvalue weighted by Crippen LogP contribution is -2.42. The molecule has 0 saturated carbocycles. The summed E-state index contributed by atoms with van der Waals surface area (Å²) in [5.74, 6) is -0.814. The highest BCUT2D eigenvalue weighted by atomic mass is 35.5. The van der Waals surface area contributed by atoms with E-state index in [9.17, 15) is 14.0 Å². The van der Waals surface area contributed by atoms with Gasteiger partial charge in [0.25, 0.3) is 5.91 Å². The van der Waals surface area contributed by atoms with Crippen molar-refractivity contribution in [3.63, 3.8) is 0 Å². The van der Waals surface area contributed by atoms with E-state index in [1.807, 2.05) is 0 Å². The van der Waals surface area contributed by atoms with Gasteiger partial charge in [-0.25, -0.2) is 4.39 Å². The second-order valence-corrected chi connectivity index (χ2v) is 7.12. The molecule has 1 aromatic carbocycles. The normalized spacial score (nSPS) is 13.5. The van der Waals surface area contributed by atoms with Crippen molar-refractivity contribution in [1.29, 1.82) is 0 Å². The van der Waals surface area contributed by atoms with Crippen molar-refractivity contribution in [1.82, 2.24) is 14.5 Å². The number of nitrogens with zero attached hydrogens (tertiary/aromatic N) is 3. The Morgan fingerprint density at radius 3 is 2.64 bits per heavy atom. The van der Waals surface area contributed by atoms with E-state index in [0.29, 0.717) is 35.5 Å². The first-order valence-corrected chi connectivity index (χ1v) is 9.21. The molecule has 4 rings (SSSR count). The Hall–Kier alpha value is -2.99. The predicted molar refractivity (Wildman–Crippen MR) is 105 cm³/mol. The van der Waals surface area contributed by atoms with Crippen LogP contribution in [0.15, 0.2) is 53.7 Å². The average Bonchev–Trinajstić information content (AvgIpc) is 2.70. The van der Waals surface area contributed by atoms with Gasteiger partial charge in [0.1, 0.15) is 11.5 Å². The second-order valence-electron chi connectivity index (χ2n) is 6.71. The third-order valence-electron chi connectivity index (χ3n) is 5.00. The van der Waals surface area contributed by atoms with Crippen molar-refractivity contribution in [3.8, 4) is 11.1 Å². The molecular formula is C21H17ClFN3O2. The van der Waals surface area contributed by atoms with Gasteiger partial charge < -0.3 is 9.47 Å². The van der Waals surface area contributed by atoms with E-state index in [1.54, 1.807) is 59.2 Å². The smallest absolute Gasteiger partial charge is 0.271 e. The summed E-state index contributed by atoms with van der Waals surface area (Å²) in [6.07, 6.45) is 4.97. The number of hydrogen-bond acceptors (Lipinski definition) is 3. The molecule has 0 aliphatic carbocycles. The number of pyridine rings is 2. The van der Waals surface area contributed by atoms with Crippen LogP contribution in [-0.2, 0) is 13.1 Å². The number of halogens is 2. The largest absolute Gasteiger partial charge is 0.341 e. The van der Waals surface area contributed by atoms with Crippen molar-refractivity contribution < 1.29 is 9.18 Å². The van der Waals surface area contributed by atoms with E-state index >= 15 is 0 Å². The zero-order chi connectivity index (χ0) is 19.8. The third-order valence-corrected chi connectivity index (χ3v) is 5.29. The lowest BCUT2D eigenvalue weighted by molar-refractivity contribution is 0.0685. The molecule has 3 heterocycles. The van der Waals surface area contributed by atoms with Gasteiger partial charge in [0, 0.05) is 54.9 Å². The summed E-state index contributed by atoms with van der Waals surface area (Å²) < 4.78 is 16.0. The minimum absolute atomic E-state index is 0.0248. The van der Waals surface area contributed by atoms with Crippen LogP contribution in [0.1, 0.15) is 21.6 Å². The molecule has 0 atom stereocenters. The van der Waals surface area contributed by atoms with Crippen molar-refractivity contribution >= 4 is 17.5 Å². The number of hydrogen-bond donors (Lipinski definition) is 0. The van der Waals surface area contributed by atoms with Gasteiger partial charge in [0.2, 0.25) is 0 Å². The molecule has 1 aliphatic rings. The van der Waals surface area contributed by atoms with E-state index in [4.69, 9.17) is 11.6 Å². The highest BCUT2D eigenvalue weighted by molar-refractivity contribution is 6.30.